The van der Waals surface area contributed by atoms with Gasteiger partial charge in [-0.15, -0.1) is 0 Å². The van der Waals surface area contributed by atoms with Crippen molar-refractivity contribution in [1.82, 2.24) is 9.88 Å². The Morgan fingerprint density at radius 2 is 1.92 bits per heavy atom. The summed E-state index contributed by atoms with van der Waals surface area (Å²) in [7, 11) is 0. The number of amides is 1. The summed E-state index contributed by atoms with van der Waals surface area (Å²) in [5, 5.41) is 20.2. The molecule has 138 valence electrons. The van der Waals surface area contributed by atoms with Crippen LogP contribution in [-0.2, 0) is 11.3 Å². The average molecular weight is 350 g/mol. The van der Waals surface area contributed by atoms with E-state index < -0.39 is 30.1 Å². The molecule has 1 fully saturated rings. The third kappa shape index (κ3) is 4.48. The molecule has 1 aliphatic carbocycles. The summed E-state index contributed by atoms with van der Waals surface area (Å²) in [6.45, 7) is 3.52. The molecule has 0 radical (unpaired) electrons. The molecular formula is C18H26N2O5. The maximum atomic E-state index is 12.8. The van der Waals surface area contributed by atoms with Crippen LogP contribution in [0, 0.1) is 19.8 Å². The highest BCUT2D eigenvalue weighted by Crippen LogP contribution is 2.25. The lowest BCUT2D eigenvalue weighted by Gasteiger charge is -2.24. The highest BCUT2D eigenvalue weighted by atomic mass is 16.4. The highest BCUT2D eigenvalue weighted by Gasteiger charge is 2.24. The second kappa shape index (κ2) is 8.29. The van der Waals surface area contributed by atoms with Crippen LogP contribution in [0.5, 0.6) is 0 Å². The monoisotopic (exact) mass is 350 g/mol. The summed E-state index contributed by atoms with van der Waals surface area (Å²) in [6, 6.07) is 0.0565. The topological polar surface area (TPSA) is 109 Å². The number of carboxylic acid groups (broad SMARTS) is 1. The smallest absolute Gasteiger partial charge is 0.328 e. The van der Waals surface area contributed by atoms with E-state index in [1.54, 1.807) is 4.57 Å². The molecule has 1 saturated carbocycles. The number of aliphatic carboxylic acids is 1. The molecule has 0 spiro atoms. The second-order valence-electron chi connectivity index (χ2n) is 6.79. The molecular weight excluding hydrogens is 324 g/mol. The zero-order valence-electron chi connectivity index (χ0n) is 14.7. The number of nitrogens with zero attached hydrogens (tertiary/aromatic N) is 1. The van der Waals surface area contributed by atoms with Gasteiger partial charge >= 0.3 is 5.97 Å². The number of aromatic nitrogens is 1. The number of aryl methyl sites for hydroxylation is 1. The van der Waals surface area contributed by atoms with E-state index in [1.807, 2.05) is 13.8 Å². The van der Waals surface area contributed by atoms with E-state index in [0.29, 0.717) is 12.5 Å². The summed E-state index contributed by atoms with van der Waals surface area (Å²) < 4.78 is 1.63. The van der Waals surface area contributed by atoms with Crippen molar-refractivity contribution >= 4 is 11.9 Å². The minimum Gasteiger partial charge on any atom is -0.480 e. The Morgan fingerprint density at radius 1 is 1.28 bits per heavy atom. The number of nitrogens with one attached hydrogen (secondary N) is 1. The maximum Gasteiger partial charge on any atom is 0.328 e. The lowest BCUT2D eigenvalue weighted by atomic mass is 9.89. The Bertz CT molecular complexity index is 704. The molecule has 2 rings (SSSR count). The largest absolute Gasteiger partial charge is 0.480 e. The third-order valence-electron chi connectivity index (χ3n) is 5.01. The van der Waals surface area contributed by atoms with Crippen LogP contribution in [0.25, 0.3) is 0 Å². The van der Waals surface area contributed by atoms with Crippen molar-refractivity contribution in [2.75, 3.05) is 6.61 Å². The van der Waals surface area contributed by atoms with E-state index in [1.165, 1.54) is 12.5 Å². The van der Waals surface area contributed by atoms with Gasteiger partial charge in [-0.3, -0.25) is 9.59 Å². The van der Waals surface area contributed by atoms with Crippen LogP contribution in [0.3, 0.4) is 0 Å². The molecule has 0 aromatic carbocycles. The number of carbonyl (C=O) groups is 2. The van der Waals surface area contributed by atoms with Crippen LogP contribution in [0.1, 0.15) is 53.7 Å². The fourth-order valence-corrected chi connectivity index (χ4v) is 3.33. The van der Waals surface area contributed by atoms with Crippen molar-refractivity contribution in [1.29, 1.82) is 0 Å². The molecule has 1 aromatic rings. The van der Waals surface area contributed by atoms with E-state index >= 15 is 0 Å². The van der Waals surface area contributed by atoms with Gasteiger partial charge in [-0.05, 0) is 44.2 Å². The Kier molecular flexibility index (Phi) is 6.36. The predicted octanol–water partition coefficient (Wildman–Crippen LogP) is 1.22. The van der Waals surface area contributed by atoms with Gasteiger partial charge in [0.2, 0.25) is 0 Å². The number of aliphatic hydroxyl groups excluding tert-OH is 1. The number of pyridine rings is 1. The molecule has 1 heterocycles. The van der Waals surface area contributed by atoms with E-state index in [4.69, 9.17) is 10.2 Å². The van der Waals surface area contributed by atoms with E-state index in [9.17, 15) is 14.4 Å². The van der Waals surface area contributed by atoms with Crippen LogP contribution in [0.2, 0.25) is 0 Å². The number of aliphatic hydroxyl groups is 1. The summed E-state index contributed by atoms with van der Waals surface area (Å²) in [4.78, 5) is 36.1. The van der Waals surface area contributed by atoms with Crippen molar-refractivity contribution in [3.05, 3.63) is 33.2 Å². The van der Waals surface area contributed by atoms with Gasteiger partial charge in [-0.25, -0.2) is 4.79 Å². The van der Waals surface area contributed by atoms with Crippen molar-refractivity contribution in [2.24, 2.45) is 5.92 Å². The number of rotatable bonds is 6. The Hall–Kier alpha value is -2.15. The summed E-state index contributed by atoms with van der Waals surface area (Å²) in [5.41, 5.74) is 1.13. The zero-order chi connectivity index (χ0) is 18.6. The van der Waals surface area contributed by atoms with Crippen molar-refractivity contribution in [2.45, 2.75) is 58.5 Å². The first-order chi connectivity index (χ1) is 11.8. The number of carbonyl (C=O) groups excluding carboxylic acids is 1. The Balaban J connectivity index is 2.31. The SMILES string of the molecule is Cc1cc(C(=O)N[C@@H](CO)C(=O)O)c(=O)n(CC2CCCCC2)c1C. The van der Waals surface area contributed by atoms with Crippen LogP contribution in [0.4, 0.5) is 0 Å². The van der Waals surface area contributed by atoms with Gasteiger partial charge in [0.25, 0.3) is 11.5 Å². The van der Waals surface area contributed by atoms with E-state index in [2.05, 4.69) is 5.32 Å². The van der Waals surface area contributed by atoms with Gasteiger partial charge in [0.05, 0.1) is 6.61 Å². The van der Waals surface area contributed by atoms with Crippen LogP contribution in [0.15, 0.2) is 10.9 Å². The normalized spacial score (nSPS) is 16.4. The molecule has 1 amide bonds. The molecule has 1 aromatic heterocycles. The first-order valence-electron chi connectivity index (χ1n) is 8.70. The van der Waals surface area contributed by atoms with Crippen LogP contribution >= 0.6 is 0 Å². The number of hydrogen-bond donors (Lipinski definition) is 3. The first kappa shape index (κ1) is 19.2. The second-order valence-corrected chi connectivity index (χ2v) is 6.79. The lowest BCUT2D eigenvalue weighted by Crippen LogP contribution is -2.45. The van der Waals surface area contributed by atoms with E-state index in [0.717, 1.165) is 36.9 Å². The van der Waals surface area contributed by atoms with Gasteiger partial charge < -0.3 is 20.1 Å². The van der Waals surface area contributed by atoms with E-state index in [-0.39, 0.29) is 5.56 Å². The molecule has 3 N–H and O–H groups in total. The first-order valence-corrected chi connectivity index (χ1v) is 8.70. The quantitative estimate of drug-likeness (QED) is 0.715. The standard InChI is InChI=1S/C18H26N2O5/c1-11-8-14(16(22)19-15(10-21)18(24)25)17(23)20(12(11)2)9-13-6-4-3-5-7-13/h8,13,15,21H,3-7,9-10H2,1-2H3,(H,19,22)(H,24,25)/t15-/m0/s1. The summed E-state index contributed by atoms with van der Waals surface area (Å²) in [6.07, 6.45) is 5.70. The Morgan fingerprint density at radius 3 is 2.48 bits per heavy atom. The molecule has 1 atom stereocenters. The van der Waals surface area contributed by atoms with Crippen molar-refractivity contribution in [3.8, 4) is 0 Å². The minimum absolute atomic E-state index is 0.0846. The predicted molar refractivity (Wildman–Crippen MR) is 92.7 cm³/mol. The third-order valence-corrected chi connectivity index (χ3v) is 5.01. The molecule has 0 aliphatic heterocycles. The zero-order valence-corrected chi connectivity index (χ0v) is 14.7. The van der Waals surface area contributed by atoms with Crippen molar-refractivity contribution in [3.63, 3.8) is 0 Å². The molecule has 25 heavy (non-hydrogen) atoms. The number of hydrogen-bond acceptors (Lipinski definition) is 4. The summed E-state index contributed by atoms with van der Waals surface area (Å²) >= 11 is 0. The molecule has 7 heteroatoms. The molecule has 0 unspecified atom stereocenters. The molecule has 7 nitrogen and oxygen atoms in total. The van der Waals surface area contributed by atoms with Gasteiger partial charge in [-0.2, -0.15) is 0 Å². The van der Waals surface area contributed by atoms with Gasteiger partial charge in [0.15, 0.2) is 6.04 Å². The number of carboxylic acids is 1. The average Bonchev–Trinajstić information content (AvgIpc) is 2.60. The van der Waals surface area contributed by atoms with Crippen LogP contribution in [-0.4, -0.2) is 39.3 Å². The fourth-order valence-electron chi connectivity index (χ4n) is 3.33. The molecule has 1 aliphatic rings. The molecule has 0 saturated heterocycles. The van der Waals surface area contributed by atoms with Gasteiger partial charge in [0.1, 0.15) is 5.56 Å². The lowest BCUT2D eigenvalue weighted by molar-refractivity contribution is -0.140. The van der Waals surface area contributed by atoms with Gasteiger partial charge in [-0.1, -0.05) is 19.3 Å². The molecule has 0 bridgehead atoms. The maximum absolute atomic E-state index is 12.8. The van der Waals surface area contributed by atoms with Gasteiger partial charge in [0, 0.05) is 12.2 Å². The van der Waals surface area contributed by atoms with Crippen LogP contribution < -0.4 is 10.9 Å². The summed E-state index contributed by atoms with van der Waals surface area (Å²) in [5.74, 6) is -1.69. The highest BCUT2D eigenvalue weighted by molar-refractivity contribution is 5.96. The Labute approximate surface area is 146 Å². The minimum atomic E-state index is -1.43. The van der Waals surface area contributed by atoms with Crippen molar-refractivity contribution < 1.29 is 19.8 Å². The fraction of sp³-hybridized carbons (Fsp3) is 0.611.